The van der Waals surface area contributed by atoms with Crippen LogP contribution >= 0.6 is 11.8 Å². The molecule has 1 fully saturated rings. The molecule has 2 amide bonds. The number of rotatable bonds is 2. The van der Waals surface area contributed by atoms with Gasteiger partial charge in [0.15, 0.2) is 0 Å². The molecule has 4 aliphatic rings. The number of benzene rings is 2. The zero-order valence-electron chi connectivity index (χ0n) is 13.3. The standard InChI is InChI=1S/C19H10F2NO2S.In/c20-15-8-12(9-16(21)11-15)6-7-14(13-4-2-1-3-5-13)10-17-18(23)22-19(24)25-17;/h1-4,8-9,11H,6H2,(H,22,23,24);. The Labute approximate surface area is 159 Å². The number of amides is 2. The predicted octanol–water partition coefficient (Wildman–Crippen LogP) is 3.01. The Hall–Kier alpha value is -1.86. The first kappa shape index (κ1) is 16.3. The molecule has 0 atom stereocenters. The molecule has 0 unspecified atom stereocenters. The Morgan fingerprint density at radius 1 is 1.04 bits per heavy atom. The van der Waals surface area contributed by atoms with Gasteiger partial charge in [-0.3, -0.25) is 0 Å². The first-order valence-corrected chi connectivity index (χ1v) is 13.8. The fourth-order valence-corrected chi connectivity index (χ4v) is 16.6. The second-order valence-corrected chi connectivity index (χ2v) is 15.3. The molecule has 1 saturated heterocycles. The molecule has 4 heterocycles. The van der Waals surface area contributed by atoms with E-state index in [1.165, 1.54) is 18.8 Å². The molecule has 7 heteroatoms. The molecule has 0 aliphatic carbocycles. The van der Waals surface area contributed by atoms with Gasteiger partial charge < -0.3 is 0 Å². The number of carbonyl (C=O) groups excluding carboxylic acids is 2. The van der Waals surface area contributed by atoms with Crippen molar-refractivity contribution in [3.8, 4) is 0 Å². The van der Waals surface area contributed by atoms with E-state index in [2.05, 4.69) is 11.4 Å². The van der Waals surface area contributed by atoms with Crippen LogP contribution in [0.25, 0.3) is 5.57 Å². The summed E-state index contributed by atoms with van der Waals surface area (Å²) in [6.45, 7) is 0. The number of imide groups is 1. The van der Waals surface area contributed by atoms with E-state index >= 15 is 0 Å². The third-order valence-electron chi connectivity index (χ3n) is 4.95. The van der Waals surface area contributed by atoms with Gasteiger partial charge in [0, 0.05) is 0 Å². The van der Waals surface area contributed by atoms with Crippen molar-refractivity contribution in [3.05, 3.63) is 76.8 Å². The Morgan fingerprint density at radius 3 is 2.42 bits per heavy atom. The molecule has 1 N–H and O–H groups in total. The van der Waals surface area contributed by atoms with Crippen LogP contribution in [0.5, 0.6) is 0 Å². The van der Waals surface area contributed by atoms with Gasteiger partial charge in [-0.2, -0.15) is 0 Å². The molecule has 26 heavy (non-hydrogen) atoms. The van der Waals surface area contributed by atoms with Crippen molar-refractivity contribution in [2.75, 3.05) is 0 Å². The maximum absolute atomic E-state index is 13.5. The van der Waals surface area contributed by atoms with Crippen LogP contribution in [0.3, 0.4) is 0 Å². The van der Waals surface area contributed by atoms with Gasteiger partial charge in [-0.1, -0.05) is 0 Å². The van der Waals surface area contributed by atoms with Crippen molar-refractivity contribution in [3.63, 3.8) is 0 Å². The molecule has 3 nitrogen and oxygen atoms in total. The fourth-order valence-electron chi connectivity index (χ4n) is 4.06. The Balaban J connectivity index is 1.63. The molecular weight excluding hydrogens is 459 g/mol. The summed E-state index contributed by atoms with van der Waals surface area (Å²) in [7, 11) is 0. The van der Waals surface area contributed by atoms with Crippen LogP contribution in [0, 0.1) is 11.6 Å². The monoisotopic (exact) mass is 469 g/mol. The summed E-state index contributed by atoms with van der Waals surface area (Å²) < 4.78 is 30.7. The molecule has 2 aromatic carbocycles. The van der Waals surface area contributed by atoms with Gasteiger partial charge in [-0.25, -0.2) is 0 Å². The molecule has 0 radical (unpaired) electrons. The van der Waals surface area contributed by atoms with Crippen molar-refractivity contribution in [2.45, 2.75) is 6.42 Å². The first-order chi connectivity index (χ1) is 12.5. The number of hydrogen-bond donors (Lipinski definition) is 1. The molecule has 2 aromatic rings. The minimum atomic E-state index is -2.63. The van der Waals surface area contributed by atoms with Crippen LogP contribution in [-0.2, 0) is 11.2 Å². The fraction of sp³-hybridized carbons (Fsp3) is 0.0526. The van der Waals surface area contributed by atoms with E-state index in [4.69, 9.17) is 0 Å². The van der Waals surface area contributed by atoms with E-state index in [9.17, 15) is 18.4 Å². The molecule has 0 saturated carbocycles. The SMILES string of the molecule is O=C1NC(=O)/C(=[C]2\C3=[C](Cc4cc(F)cc(F)c4)[In]2[c]2ccccc23)S1. The molecule has 0 spiro atoms. The van der Waals surface area contributed by atoms with Crippen molar-refractivity contribution >= 4 is 53.2 Å². The van der Waals surface area contributed by atoms with Crippen molar-refractivity contribution in [2.24, 2.45) is 0 Å². The predicted molar refractivity (Wildman–Crippen MR) is 97.0 cm³/mol. The molecule has 4 aliphatic heterocycles. The van der Waals surface area contributed by atoms with E-state index in [0.717, 1.165) is 32.3 Å². The Bertz CT molecular complexity index is 1070. The molecule has 126 valence electrons. The number of thioether (sulfide) groups is 1. The maximum atomic E-state index is 13.5. The van der Waals surface area contributed by atoms with Gasteiger partial charge in [-0.15, -0.1) is 0 Å². The van der Waals surface area contributed by atoms with Gasteiger partial charge in [0.1, 0.15) is 0 Å². The van der Waals surface area contributed by atoms with Crippen molar-refractivity contribution in [1.29, 1.82) is 0 Å². The van der Waals surface area contributed by atoms with E-state index in [1.807, 2.05) is 18.2 Å². The summed E-state index contributed by atoms with van der Waals surface area (Å²) in [6, 6.07) is 11.6. The summed E-state index contributed by atoms with van der Waals surface area (Å²) >= 11 is -1.66. The Kier molecular flexibility index (Phi) is 3.66. The number of allylic oxidation sites excluding steroid dienone is 3. The third-order valence-corrected chi connectivity index (χ3v) is 16.3. The van der Waals surface area contributed by atoms with Crippen LogP contribution < -0.4 is 8.64 Å². The zero-order valence-corrected chi connectivity index (χ0v) is 17.4. The topological polar surface area (TPSA) is 46.2 Å². The molecule has 2 bridgehead atoms. The summed E-state index contributed by atoms with van der Waals surface area (Å²) in [5.74, 6) is -1.49. The summed E-state index contributed by atoms with van der Waals surface area (Å²) in [5.41, 5.74) is 2.75. The normalized spacial score (nSPS) is 20.5. The quantitative estimate of drug-likeness (QED) is 0.689. The zero-order chi connectivity index (χ0) is 18.0. The summed E-state index contributed by atoms with van der Waals surface area (Å²) in [5, 5.41) is 1.99. The van der Waals surface area contributed by atoms with Crippen LogP contribution in [0.15, 0.2) is 54.0 Å². The average Bonchev–Trinajstić information content (AvgIpc) is 3.18. The van der Waals surface area contributed by atoms with Crippen LogP contribution in [-0.4, -0.2) is 32.6 Å². The van der Waals surface area contributed by atoms with Crippen molar-refractivity contribution < 1.29 is 18.4 Å². The molecule has 6 rings (SSSR count). The number of halogens is 2. The molecule has 0 aromatic heterocycles. The summed E-state index contributed by atoms with van der Waals surface area (Å²) in [6.07, 6.45) is 0.496. The first-order valence-electron chi connectivity index (χ1n) is 8.08. The van der Waals surface area contributed by atoms with Crippen LogP contribution in [0.1, 0.15) is 11.1 Å². The minimum absolute atomic E-state index is 0.321. The van der Waals surface area contributed by atoms with Gasteiger partial charge in [0.2, 0.25) is 0 Å². The summed E-state index contributed by atoms with van der Waals surface area (Å²) in [4.78, 5) is 24.3. The second kappa shape index (κ2) is 5.82. The van der Waals surface area contributed by atoms with Crippen molar-refractivity contribution in [1.82, 2.24) is 5.32 Å². The van der Waals surface area contributed by atoms with Gasteiger partial charge in [0.05, 0.1) is 0 Å². The third kappa shape index (κ3) is 2.33. The second-order valence-electron chi connectivity index (χ2n) is 6.46. The number of carbonyl (C=O) groups is 2. The van der Waals surface area contributed by atoms with Gasteiger partial charge in [-0.05, 0) is 0 Å². The number of hydrogen-bond acceptors (Lipinski definition) is 3. The Morgan fingerprint density at radius 2 is 1.77 bits per heavy atom. The van der Waals surface area contributed by atoms with Crippen LogP contribution in [0.2, 0.25) is 0 Å². The van der Waals surface area contributed by atoms with Gasteiger partial charge >= 0.3 is 160 Å². The van der Waals surface area contributed by atoms with E-state index in [0.29, 0.717) is 16.9 Å². The number of nitrogens with one attached hydrogen (secondary N) is 1. The molecular formula is C19H10F2InNO2S. The van der Waals surface area contributed by atoms with E-state index in [-0.39, 0.29) is 11.1 Å². The van der Waals surface area contributed by atoms with Crippen LogP contribution in [0.4, 0.5) is 13.6 Å². The van der Waals surface area contributed by atoms with E-state index in [1.54, 1.807) is 0 Å². The van der Waals surface area contributed by atoms with Gasteiger partial charge in [0.25, 0.3) is 0 Å². The average molecular weight is 469 g/mol. The van der Waals surface area contributed by atoms with E-state index < -0.39 is 33.1 Å².